The Labute approximate surface area is 93.3 Å². The number of hydrogen-bond acceptors (Lipinski definition) is 0. The molecule has 0 fully saturated rings. The molecule has 1 aromatic rings. The van der Waals surface area contributed by atoms with E-state index in [0.717, 1.165) is 6.42 Å². The van der Waals surface area contributed by atoms with Crippen LogP contribution in [0.1, 0.15) is 23.6 Å². The fourth-order valence-corrected chi connectivity index (χ4v) is 2.72. The molecule has 0 saturated heterocycles. The third-order valence-electron chi connectivity index (χ3n) is 2.82. The standard InChI is InChI=1S/C12H14BrN/c1-2-4-12-10-5-3-6-11(13)9(10)7-8-14-12/h2-3,5-6,12,14H,1,4,7-8H2/p+1. The maximum Gasteiger partial charge on any atom is 0.115 e. The van der Waals surface area contributed by atoms with E-state index in [2.05, 4.69) is 46.0 Å². The van der Waals surface area contributed by atoms with E-state index in [1.807, 2.05) is 6.08 Å². The second kappa shape index (κ2) is 4.28. The van der Waals surface area contributed by atoms with Gasteiger partial charge in [0.15, 0.2) is 0 Å². The molecular weight excluding hydrogens is 238 g/mol. The summed E-state index contributed by atoms with van der Waals surface area (Å²) in [6.07, 6.45) is 4.24. The van der Waals surface area contributed by atoms with E-state index in [1.54, 1.807) is 0 Å². The van der Waals surface area contributed by atoms with Crippen molar-refractivity contribution in [2.45, 2.75) is 18.9 Å². The minimum atomic E-state index is 0.578. The smallest absolute Gasteiger partial charge is 0.115 e. The Hall–Kier alpha value is -0.600. The highest BCUT2D eigenvalue weighted by molar-refractivity contribution is 9.10. The predicted molar refractivity (Wildman–Crippen MR) is 62.2 cm³/mol. The van der Waals surface area contributed by atoms with Gasteiger partial charge >= 0.3 is 0 Å². The van der Waals surface area contributed by atoms with Crippen molar-refractivity contribution in [3.8, 4) is 0 Å². The van der Waals surface area contributed by atoms with Gasteiger partial charge in [-0.1, -0.05) is 34.1 Å². The van der Waals surface area contributed by atoms with Gasteiger partial charge < -0.3 is 5.32 Å². The molecule has 0 radical (unpaired) electrons. The zero-order valence-electron chi connectivity index (χ0n) is 8.17. The Balaban J connectivity index is 2.39. The largest absolute Gasteiger partial charge is 0.340 e. The van der Waals surface area contributed by atoms with Crippen LogP contribution < -0.4 is 5.32 Å². The second-order valence-electron chi connectivity index (χ2n) is 3.71. The summed E-state index contributed by atoms with van der Waals surface area (Å²) in [5.74, 6) is 0. The molecule has 1 nitrogen and oxygen atoms in total. The van der Waals surface area contributed by atoms with Gasteiger partial charge in [-0.2, -0.15) is 0 Å². The molecule has 0 saturated carbocycles. The molecule has 2 rings (SSSR count). The number of nitrogens with two attached hydrogens (primary N) is 1. The topological polar surface area (TPSA) is 16.6 Å². The van der Waals surface area contributed by atoms with Crippen LogP contribution >= 0.6 is 15.9 Å². The number of halogens is 1. The Morgan fingerprint density at radius 3 is 3.21 bits per heavy atom. The summed E-state index contributed by atoms with van der Waals surface area (Å²) < 4.78 is 1.26. The van der Waals surface area contributed by atoms with Crippen LogP contribution in [0.4, 0.5) is 0 Å². The van der Waals surface area contributed by atoms with E-state index in [4.69, 9.17) is 0 Å². The summed E-state index contributed by atoms with van der Waals surface area (Å²) in [5.41, 5.74) is 2.97. The molecule has 1 unspecified atom stereocenters. The maximum absolute atomic E-state index is 3.82. The van der Waals surface area contributed by atoms with Crippen LogP contribution in [-0.4, -0.2) is 6.54 Å². The highest BCUT2D eigenvalue weighted by Crippen LogP contribution is 2.27. The quantitative estimate of drug-likeness (QED) is 0.778. The van der Waals surface area contributed by atoms with Crippen molar-refractivity contribution in [1.82, 2.24) is 0 Å². The summed E-state index contributed by atoms with van der Waals surface area (Å²) in [6, 6.07) is 7.07. The number of benzene rings is 1. The lowest BCUT2D eigenvalue weighted by molar-refractivity contribution is -0.698. The first-order valence-corrected chi connectivity index (χ1v) is 5.83. The van der Waals surface area contributed by atoms with Gasteiger partial charge in [0.1, 0.15) is 6.04 Å². The highest BCUT2D eigenvalue weighted by Gasteiger charge is 2.22. The molecule has 74 valence electrons. The van der Waals surface area contributed by atoms with Crippen molar-refractivity contribution in [3.05, 3.63) is 46.5 Å². The van der Waals surface area contributed by atoms with Crippen molar-refractivity contribution >= 4 is 15.9 Å². The van der Waals surface area contributed by atoms with Gasteiger partial charge in [-0.05, 0) is 11.6 Å². The second-order valence-corrected chi connectivity index (χ2v) is 4.57. The number of hydrogen-bond donors (Lipinski definition) is 1. The Kier molecular flexibility index (Phi) is 3.04. The first-order chi connectivity index (χ1) is 6.83. The van der Waals surface area contributed by atoms with Crippen molar-refractivity contribution < 1.29 is 5.32 Å². The van der Waals surface area contributed by atoms with Gasteiger partial charge in [-0.25, -0.2) is 0 Å². The Morgan fingerprint density at radius 2 is 2.43 bits per heavy atom. The van der Waals surface area contributed by atoms with Crippen molar-refractivity contribution in [3.63, 3.8) is 0 Å². The van der Waals surface area contributed by atoms with Crippen LogP contribution in [0.25, 0.3) is 0 Å². The molecule has 1 aliphatic rings. The van der Waals surface area contributed by atoms with Crippen LogP contribution in [0.3, 0.4) is 0 Å². The molecule has 0 spiro atoms. The first kappa shape index (κ1) is 9.94. The number of rotatable bonds is 2. The first-order valence-electron chi connectivity index (χ1n) is 5.04. The predicted octanol–water partition coefficient (Wildman–Crippen LogP) is 2.19. The van der Waals surface area contributed by atoms with E-state index in [1.165, 1.54) is 28.6 Å². The Morgan fingerprint density at radius 1 is 1.57 bits per heavy atom. The molecule has 1 atom stereocenters. The lowest BCUT2D eigenvalue weighted by atomic mass is 9.93. The highest BCUT2D eigenvalue weighted by atomic mass is 79.9. The van der Waals surface area contributed by atoms with Crippen molar-refractivity contribution in [1.29, 1.82) is 0 Å². The van der Waals surface area contributed by atoms with E-state index < -0.39 is 0 Å². The fourth-order valence-electron chi connectivity index (χ4n) is 2.15. The summed E-state index contributed by atoms with van der Waals surface area (Å²) in [7, 11) is 0. The molecule has 0 bridgehead atoms. The maximum atomic E-state index is 3.82. The van der Waals surface area contributed by atoms with Crippen molar-refractivity contribution in [2.75, 3.05) is 6.54 Å². The molecule has 0 aromatic heterocycles. The van der Waals surface area contributed by atoms with E-state index in [0.29, 0.717) is 6.04 Å². The molecule has 1 heterocycles. The van der Waals surface area contributed by atoms with Gasteiger partial charge in [0.25, 0.3) is 0 Å². The monoisotopic (exact) mass is 252 g/mol. The summed E-state index contributed by atoms with van der Waals surface area (Å²) >= 11 is 3.62. The van der Waals surface area contributed by atoms with Crippen LogP contribution in [0.5, 0.6) is 0 Å². The van der Waals surface area contributed by atoms with Crippen LogP contribution in [0, 0.1) is 0 Å². The van der Waals surface area contributed by atoms with Crippen LogP contribution in [-0.2, 0) is 6.42 Å². The lowest BCUT2D eigenvalue weighted by Crippen LogP contribution is -2.87. The van der Waals surface area contributed by atoms with Crippen molar-refractivity contribution in [2.24, 2.45) is 0 Å². The average Bonchev–Trinajstić information content (AvgIpc) is 2.20. The van der Waals surface area contributed by atoms with E-state index >= 15 is 0 Å². The molecule has 1 aromatic carbocycles. The number of quaternary nitrogens is 1. The van der Waals surface area contributed by atoms with Gasteiger partial charge in [0.2, 0.25) is 0 Å². The summed E-state index contributed by atoms with van der Waals surface area (Å²) in [6.45, 7) is 5.01. The minimum Gasteiger partial charge on any atom is -0.340 e. The Bertz CT molecular complexity index is 346. The number of fused-ring (bicyclic) bond motifs is 1. The normalized spacial score (nSPS) is 20.2. The lowest BCUT2D eigenvalue weighted by Gasteiger charge is -2.23. The van der Waals surface area contributed by atoms with Gasteiger partial charge in [-0.3, -0.25) is 0 Å². The summed E-state index contributed by atoms with van der Waals surface area (Å²) in [5, 5.41) is 2.41. The third-order valence-corrected chi connectivity index (χ3v) is 3.56. The molecule has 0 amide bonds. The van der Waals surface area contributed by atoms with Gasteiger partial charge in [0, 0.05) is 22.9 Å². The molecule has 2 N–H and O–H groups in total. The van der Waals surface area contributed by atoms with E-state index in [9.17, 15) is 0 Å². The molecule has 14 heavy (non-hydrogen) atoms. The molecule has 1 aliphatic heterocycles. The molecule has 0 aliphatic carbocycles. The summed E-state index contributed by atoms with van der Waals surface area (Å²) in [4.78, 5) is 0. The zero-order chi connectivity index (χ0) is 9.97. The van der Waals surface area contributed by atoms with E-state index in [-0.39, 0.29) is 0 Å². The zero-order valence-corrected chi connectivity index (χ0v) is 9.76. The van der Waals surface area contributed by atoms with Gasteiger partial charge in [-0.15, -0.1) is 6.58 Å². The minimum absolute atomic E-state index is 0.578. The third kappa shape index (κ3) is 1.77. The SMILES string of the molecule is C=CCC1[NH2+]CCc2c(Br)cccc21. The van der Waals surface area contributed by atoms with Gasteiger partial charge in [0.05, 0.1) is 6.54 Å². The average molecular weight is 253 g/mol. The fraction of sp³-hybridized carbons (Fsp3) is 0.333. The van der Waals surface area contributed by atoms with Crippen LogP contribution in [0.15, 0.2) is 35.3 Å². The van der Waals surface area contributed by atoms with Crippen LogP contribution in [0.2, 0.25) is 0 Å². The molecular formula is C12H15BrN+. The molecule has 2 heteroatoms.